The second-order valence-electron chi connectivity index (χ2n) is 15.7. The molecule has 12 nitrogen and oxygen atoms in total. The monoisotopic (exact) mass is 920 g/mol. The molecule has 6 aromatic rings. The SMILES string of the molecule is Cn1c(C(=O)N2CCN(Cc3ccc(OCC(F)(F)F)cc3)CC2)cc2ccc(Oc3ccc(CCCCCCCCCCN)cn3)cc21.O=S(=O)(O)c1ccc(-c2ccccn2)s1. The number of aryl methyl sites for hydroxylation is 2. The van der Waals surface area contributed by atoms with Crippen LogP contribution in [0, 0.1) is 0 Å². The van der Waals surface area contributed by atoms with Gasteiger partial charge in [-0.25, -0.2) is 4.98 Å². The topological polar surface area (TPSA) is 153 Å². The number of amides is 1. The van der Waals surface area contributed by atoms with Crippen molar-refractivity contribution >= 4 is 38.3 Å². The van der Waals surface area contributed by atoms with Gasteiger partial charge < -0.3 is 24.7 Å². The van der Waals surface area contributed by atoms with Gasteiger partial charge in [-0.3, -0.25) is 19.2 Å². The summed E-state index contributed by atoms with van der Waals surface area (Å²) in [5.41, 5.74) is 9.95. The summed E-state index contributed by atoms with van der Waals surface area (Å²) >= 11 is 0.992. The zero-order valence-electron chi connectivity index (χ0n) is 35.9. The highest BCUT2D eigenvalue weighted by Gasteiger charge is 2.28. The first-order valence-electron chi connectivity index (χ1n) is 21.5. The minimum Gasteiger partial charge on any atom is -0.484 e. The predicted molar refractivity (Wildman–Crippen MR) is 243 cm³/mol. The molecule has 5 heterocycles. The van der Waals surface area contributed by atoms with E-state index in [9.17, 15) is 26.4 Å². The number of unbranched alkanes of at least 4 members (excludes halogenated alkanes) is 7. The third-order valence-corrected chi connectivity index (χ3v) is 13.2. The highest BCUT2D eigenvalue weighted by molar-refractivity contribution is 7.88. The molecule has 1 saturated heterocycles. The molecule has 1 aliphatic heterocycles. The van der Waals surface area contributed by atoms with Gasteiger partial charge in [0.05, 0.1) is 16.1 Å². The van der Waals surface area contributed by atoms with E-state index in [1.807, 2.05) is 59.1 Å². The van der Waals surface area contributed by atoms with Crippen LogP contribution < -0.4 is 15.2 Å². The van der Waals surface area contributed by atoms with Crippen LogP contribution in [0.1, 0.15) is 73.0 Å². The maximum absolute atomic E-state index is 13.6. The van der Waals surface area contributed by atoms with Crippen LogP contribution >= 0.6 is 11.3 Å². The van der Waals surface area contributed by atoms with E-state index in [4.69, 9.17) is 19.8 Å². The highest BCUT2D eigenvalue weighted by Crippen LogP contribution is 2.30. The Morgan fingerprint density at radius 1 is 0.812 bits per heavy atom. The fraction of sp³-hybridized carbons (Fsp3) is 0.383. The first-order valence-corrected chi connectivity index (χ1v) is 23.7. The number of hydrogen-bond donors (Lipinski definition) is 2. The molecule has 1 aliphatic rings. The molecule has 1 fully saturated rings. The van der Waals surface area contributed by atoms with Crippen molar-refractivity contribution in [2.75, 3.05) is 39.3 Å². The second-order valence-corrected chi connectivity index (χ2v) is 18.4. The number of thiophene rings is 1. The number of alkyl halides is 3. The summed E-state index contributed by atoms with van der Waals surface area (Å²) in [6, 6.07) is 26.7. The molecule has 64 heavy (non-hydrogen) atoms. The molecule has 2 aromatic carbocycles. The Kier molecular flexibility index (Phi) is 17.3. The summed E-state index contributed by atoms with van der Waals surface area (Å²) in [5, 5.41) is 0.957. The molecule has 4 aromatic heterocycles. The number of carbonyl (C=O) groups excluding carboxylic acids is 1. The Morgan fingerprint density at radius 3 is 2.12 bits per heavy atom. The van der Waals surface area contributed by atoms with Crippen LogP contribution in [0.4, 0.5) is 13.2 Å². The molecule has 0 spiro atoms. The van der Waals surface area contributed by atoms with E-state index in [1.165, 1.54) is 50.2 Å². The normalized spacial score (nSPS) is 13.4. The van der Waals surface area contributed by atoms with Crippen LogP contribution in [-0.4, -0.2) is 88.7 Å². The standard InChI is InChI=1S/C38H48F3N5O3.C9H7NO3S2/c1-44-34-25-33(49-36-18-13-29(26-43-36)10-8-6-4-2-3-5-7-9-19-42)17-14-31(34)24-35(44)37(47)46-22-20-45(21-23-46)27-30-11-15-32(16-12-30)48-28-38(39,40)41;11-15(12,13)9-5-4-8(14-9)7-3-1-2-6-10-7/h11-18,24-26H,2-10,19-23,27-28,42H2,1H3;1-6H,(H,11,12,13). The second kappa shape index (κ2) is 23.0. The van der Waals surface area contributed by atoms with Gasteiger partial charge >= 0.3 is 16.3 Å². The molecule has 0 bridgehead atoms. The third kappa shape index (κ3) is 14.6. The first-order chi connectivity index (χ1) is 30.8. The van der Waals surface area contributed by atoms with Gasteiger partial charge in [-0.1, -0.05) is 62.8 Å². The highest BCUT2D eigenvalue weighted by atomic mass is 32.3. The molecule has 3 N–H and O–H groups in total. The molecule has 1 amide bonds. The van der Waals surface area contributed by atoms with Crippen molar-refractivity contribution in [1.82, 2.24) is 24.3 Å². The number of rotatable bonds is 19. The molecular weight excluding hydrogens is 866 g/mol. The Hall–Kier alpha value is -5.33. The lowest BCUT2D eigenvalue weighted by Gasteiger charge is -2.34. The van der Waals surface area contributed by atoms with E-state index in [1.54, 1.807) is 48.7 Å². The lowest BCUT2D eigenvalue weighted by atomic mass is 10.1. The van der Waals surface area contributed by atoms with Crippen molar-refractivity contribution in [3.8, 4) is 28.0 Å². The molecule has 0 aliphatic carbocycles. The van der Waals surface area contributed by atoms with Gasteiger partial charge in [0.1, 0.15) is 21.4 Å². The van der Waals surface area contributed by atoms with Crippen LogP contribution in [-0.2, 0) is 30.1 Å². The van der Waals surface area contributed by atoms with Crippen LogP contribution in [0.5, 0.6) is 17.4 Å². The fourth-order valence-corrected chi connectivity index (χ4v) is 8.99. The first kappa shape index (κ1) is 48.1. The molecule has 0 atom stereocenters. The Labute approximate surface area is 376 Å². The van der Waals surface area contributed by atoms with Crippen LogP contribution in [0.15, 0.2) is 108 Å². The molecule has 342 valence electrons. The van der Waals surface area contributed by atoms with E-state index in [0.717, 1.165) is 53.6 Å². The number of nitrogens with two attached hydrogens (primary N) is 1. The van der Waals surface area contributed by atoms with Gasteiger partial charge in [0.25, 0.3) is 5.91 Å². The average Bonchev–Trinajstić information content (AvgIpc) is 3.92. The van der Waals surface area contributed by atoms with Gasteiger partial charge in [-0.2, -0.15) is 21.6 Å². The van der Waals surface area contributed by atoms with Crippen molar-refractivity contribution in [3.05, 3.63) is 120 Å². The van der Waals surface area contributed by atoms with Crippen molar-refractivity contribution in [1.29, 1.82) is 0 Å². The number of aromatic nitrogens is 3. The van der Waals surface area contributed by atoms with Crippen LogP contribution in [0.25, 0.3) is 21.5 Å². The summed E-state index contributed by atoms with van der Waals surface area (Å²) in [7, 11) is -2.20. The van der Waals surface area contributed by atoms with Crippen LogP contribution in [0.2, 0.25) is 0 Å². The van der Waals surface area contributed by atoms with E-state index in [0.29, 0.717) is 60.6 Å². The van der Waals surface area contributed by atoms with E-state index in [2.05, 4.69) is 20.9 Å². The van der Waals surface area contributed by atoms with Gasteiger partial charge in [-0.05, 0) is 91.5 Å². The van der Waals surface area contributed by atoms with Crippen molar-refractivity contribution in [3.63, 3.8) is 0 Å². The maximum Gasteiger partial charge on any atom is 0.422 e. The summed E-state index contributed by atoms with van der Waals surface area (Å²) in [4.78, 5) is 27.0. The lowest BCUT2D eigenvalue weighted by molar-refractivity contribution is -0.153. The minimum absolute atomic E-state index is 0.0215. The number of hydrogen-bond acceptors (Lipinski definition) is 10. The van der Waals surface area contributed by atoms with Gasteiger partial charge in [0.2, 0.25) is 5.88 Å². The van der Waals surface area contributed by atoms with Crippen molar-refractivity contribution < 1.29 is 40.4 Å². The number of fused-ring (bicyclic) bond motifs is 1. The molecular formula is C47H55F3N6O6S2. The summed E-state index contributed by atoms with van der Waals surface area (Å²) < 4.78 is 80.4. The molecule has 7 rings (SSSR count). The Balaban J connectivity index is 0.000000380. The molecule has 17 heteroatoms. The number of carbonyl (C=O) groups is 1. The number of ether oxygens (including phenoxy) is 2. The zero-order chi connectivity index (χ0) is 45.5. The van der Waals surface area contributed by atoms with Gasteiger partial charge in [0.15, 0.2) is 6.61 Å². The number of halogens is 3. The lowest BCUT2D eigenvalue weighted by Crippen LogP contribution is -2.48. The predicted octanol–water partition coefficient (Wildman–Crippen LogP) is 9.94. The van der Waals surface area contributed by atoms with Gasteiger partial charge in [-0.15, -0.1) is 11.3 Å². The molecule has 0 radical (unpaired) electrons. The smallest absolute Gasteiger partial charge is 0.422 e. The third-order valence-electron chi connectivity index (χ3n) is 10.8. The Morgan fingerprint density at radius 2 is 1.50 bits per heavy atom. The number of piperazine rings is 1. The van der Waals surface area contributed by atoms with E-state index < -0.39 is 22.9 Å². The number of pyridine rings is 2. The van der Waals surface area contributed by atoms with Crippen molar-refractivity contribution in [2.24, 2.45) is 12.8 Å². The molecule has 0 saturated carbocycles. The maximum atomic E-state index is 13.6. The van der Waals surface area contributed by atoms with Crippen molar-refractivity contribution in [2.45, 2.75) is 74.7 Å². The summed E-state index contributed by atoms with van der Waals surface area (Å²) in [6.45, 7) is 2.69. The van der Waals surface area contributed by atoms with E-state index >= 15 is 0 Å². The van der Waals surface area contributed by atoms with E-state index in [-0.39, 0.29) is 15.9 Å². The minimum atomic E-state index is -4.37. The number of nitrogens with zero attached hydrogens (tertiary/aromatic N) is 5. The van der Waals surface area contributed by atoms with Gasteiger partial charge in [0, 0.05) is 69.7 Å². The summed E-state index contributed by atoms with van der Waals surface area (Å²) in [6.07, 6.45) is 10.1. The largest absolute Gasteiger partial charge is 0.484 e. The summed E-state index contributed by atoms with van der Waals surface area (Å²) in [5.74, 6) is 1.36. The van der Waals surface area contributed by atoms with Crippen LogP contribution in [0.3, 0.4) is 0 Å². The number of benzene rings is 2. The zero-order valence-corrected chi connectivity index (χ0v) is 37.5. The Bertz CT molecular complexity index is 2490. The fourth-order valence-electron chi connectivity index (χ4n) is 7.34. The molecule has 0 unspecified atom stereocenters. The average molecular weight is 921 g/mol. The quantitative estimate of drug-likeness (QED) is 0.0593.